The van der Waals surface area contributed by atoms with Crippen molar-refractivity contribution in [2.75, 3.05) is 19.7 Å². The lowest BCUT2D eigenvalue weighted by Crippen LogP contribution is -2.44. The summed E-state index contributed by atoms with van der Waals surface area (Å²) in [6, 6.07) is 1.48. The van der Waals surface area contributed by atoms with Crippen LogP contribution in [0.25, 0.3) is 0 Å². The first kappa shape index (κ1) is 11.0. The van der Waals surface area contributed by atoms with E-state index < -0.39 is 12.1 Å². The van der Waals surface area contributed by atoms with Gasteiger partial charge in [-0.3, -0.25) is 4.79 Å². The van der Waals surface area contributed by atoms with Gasteiger partial charge in [0.1, 0.15) is 12.1 Å². The molecule has 1 aliphatic rings. The minimum atomic E-state index is -0.465. The Kier molecular flexibility index (Phi) is 4.36. The van der Waals surface area contributed by atoms with E-state index in [1.54, 1.807) is 6.92 Å². The van der Waals surface area contributed by atoms with E-state index in [2.05, 4.69) is 10.6 Å². The number of rotatable bonds is 2. The Hall–Kier alpha value is -1.12. The van der Waals surface area contributed by atoms with Gasteiger partial charge in [-0.05, 0) is 19.9 Å². The van der Waals surface area contributed by atoms with Crippen LogP contribution in [0.3, 0.4) is 0 Å². The average molecular weight is 197 g/mol. The lowest BCUT2D eigenvalue weighted by Gasteiger charge is -2.15. The van der Waals surface area contributed by atoms with E-state index in [9.17, 15) is 4.79 Å². The van der Waals surface area contributed by atoms with Gasteiger partial charge in [0.05, 0.1) is 6.07 Å². The van der Waals surface area contributed by atoms with E-state index in [1.165, 1.54) is 0 Å². The lowest BCUT2D eigenvalue weighted by atomic mass is 10.3. The fourth-order valence-corrected chi connectivity index (χ4v) is 1.22. The first-order chi connectivity index (χ1) is 6.74. The third-order valence-electron chi connectivity index (χ3n) is 1.99. The summed E-state index contributed by atoms with van der Waals surface area (Å²) in [6.45, 7) is 3.62. The van der Waals surface area contributed by atoms with Crippen LogP contribution in [0.4, 0.5) is 0 Å². The first-order valence-electron chi connectivity index (χ1n) is 4.76. The van der Waals surface area contributed by atoms with Crippen LogP contribution in [-0.2, 0) is 9.53 Å². The van der Waals surface area contributed by atoms with Gasteiger partial charge in [0.25, 0.3) is 5.91 Å². The van der Waals surface area contributed by atoms with Crippen molar-refractivity contribution in [2.45, 2.75) is 25.5 Å². The maximum absolute atomic E-state index is 11.5. The summed E-state index contributed by atoms with van der Waals surface area (Å²) in [7, 11) is 0. The van der Waals surface area contributed by atoms with E-state index in [4.69, 9.17) is 10.00 Å². The van der Waals surface area contributed by atoms with Crippen LogP contribution in [0.1, 0.15) is 13.3 Å². The number of nitriles is 1. The van der Waals surface area contributed by atoms with E-state index in [1.807, 2.05) is 6.07 Å². The molecule has 1 fully saturated rings. The zero-order valence-electron chi connectivity index (χ0n) is 8.25. The van der Waals surface area contributed by atoms with E-state index in [-0.39, 0.29) is 5.91 Å². The summed E-state index contributed by atoms with van der Waals surface area (Å²) in [5.41, 5.74) is 0. The van der Waals surface area contributed by atoms with Crippen LogP contribution in [0, 0.1) is 11.3 Å². The minimum absolute atomic E-state index is 0.214. The van der Waals surface area contributed by atoms with Crippen molar-refractivity contribution in [2.24, 2.45) is 0 Å². The fourth-order valence-electron chi connectivity index (χ4n) is 1.22. The molecule has 0 bridgehead atoms. The highest BCUT2D eigenvalue weighted by Crippen LogP contribution is 1.98. The highest BCUT2D eigenvalue weighted by atomic mass is 16.5. The summed E-state index contributed by atoms with van der Waals surface area (Å²) < 4.78 is 5.33. The molecule has 14 heavy (non-hydrogen) atoms. The number of nitrogens with zero attached hydrogens (tertiary/aromatic N) is 1. The first-order valence-corrected chi connectivity index (χ1v) is 4.76. The van der Waals surface area contributed by atoms with Gasteiger partial charge in [0.2, 0.25) is 0 Å². The molecular weight excluding hydrogens is 182 g/mol. The number of amides is 1. The Morgan fingerprint density at radius 2 is 2.57 bits per heavy atom. The SMILES string of the molecule is C[C@@H](C#N)NC(=O)[C@@H]1CNCCCO1. The van der Waals surface area contributed by atoms with E-state index in [0.29, 0.717) is 13.2 Å². The van der Waals surface area contributed by atoms with Gasteiger partial charge >= 0.3 is 0 Å². The zero-order chi connectivity index (χ0) is 10.4. The predicted octanol–water partition coefficient (Wildman–Crippen LogP) is -0.607. The number of carbonyl (C=O) groups excluding carboxylic acids is 1. The van der Waals surface area contributed by atoms with Crippen molar-refractivity contribution >= 4 is 5.91 Å². The molecule has 1 rings (SSSR count). The lowest BCUT2D eigenvalue weighted by molar-refractivity contribution is -0.132. The largest absolute Gasteiger partial charge is 0.367 e. The third-order valence-corrected chi connectivity index (χ3v) is 1.99. The number of hydrogen-bond acceptors (Lipinski definition) is 4. The Morgan fingerprint density at radius 3 is 3.29 bits per heavy atom. The van der Waals surface area contributed by atoms with Gasteiger partial charge in [0.15, 0.2) is 0 Å². The van der Waals surface area contributed by atoms with Gasteiger partial charge in [-0.1, -0.05) is 0 Å². The summed E-state index contributed by atoms with van der Waals surface area (Å²) in [6.07, 6.45) is 0.450. The Labute approximate surface area is 83.4 Å². The number of carbonyl (C=O) groups is 1. The van der Waals surface area contributed by atoms with E-state index in [0.717, 1.165) is 13.0 Å². The van der Waals surface area contributed by atoms with Gasteiger partial charge < -0.3 is 15.4 Å². The smallest absolute Gasteiger partial charge is 0.251 e. The van der Waals surface area contributed by atoms with Crippen LogP contribution >= 0.6 is 0 Å². The van der Waals surface area contributed by atoms with Gasteiger partial charge in [-0.2, -0.15) is 5.26 Å². The molecule has 0 aromatic rings. The Balaban J connectivity index is 2.38. The Morgan fingerprint density at radius 1 is 1.79 bits per heavy atom. The number of hydrogen-bond donors (Lipinski definition) is 2. The maximum atomic E-state index is 11.5. The molecule has 5 heteroatoms. The molecule has 1 amide bonds. The molecule has 1 saturated heterocycles. The highest BCUT2D eigenvalue weighted by molar-refractivity contribution is 5.81. The van der Waals surface area contributed by atoms with Gasteiger partial charge in [-0.15, -0.1) is 0 Å². The predicted molar refractivity (Wildman–Crippen MR) is 50.4 cm³/mol. The van der Waals surface area contributed by atoms with Crippen molar-refractivity contribution in [1.82, 2.24) is 10.6 Å². The quantitative estimate of drug-likeness (QED) is 0.619. The van der Waals surface area contributed by atoms with Crippen LogP contribution in [0.15, 0.2) is 0 Å². The molecule has 78 valence electrons. The second kappa shape index (κ2) is 5.58. The summed E-state index contributed by atoms with van der Waals surface area (Å²) in [4.78, 5) is 11.5. The molecule has 0 radical (unpaired) electrons. The summed E-state index contributed by atoms with van der Waals surface area (Å²) >= 11 is 0. The second-order valence-corrected chi connectivity index (χ2v) is 3.28. The maximum Gasteiger partial charge on any atom is 0.251 e. The molecule has 0 aromatic carbocycles. The second-order valence-electron chi connectivity index (χ2n) is 3.28. The van der Waals surface area contributed by atoms with Crippen LogP contribution in [0.5, 0.6) is 0 Å². The number of ether oxygens (including phenoxy) is 1. The molecule has 1 aliphatic heterocycles. The molecular formula is C9H15N3O2. The molecule has 0 spiro atoms. The standard InChI is InChI=1S/C9H15N3O2/c1-7(5-10)12-9(13)8-6-11-3-2-4-14-8/h7-8,11H,2-4,6H2,1H3,(H,12,13)/t7-,8-/m0/s1. The zero-order valence-corrected chi connectivity index (χ0v) is 8.25. The van der Waals surface area contributed by atoms with Crippen LogP contribution in [-0.4, -0.2) is 37.7 Å². The molecule has 5 nitrogen and oxygen atoms in total. The van der Waals surface area contributed by atoms with Crippen molar-refractivity contribution in [3.8, 4) is 6.07 Å². The van der Waals surface area contributed by atoms with Crippen molar-refractivity contribution in [3.63, 3.8) is 0 Å². The molecule has 0 saturated carbocycles. The van der Waals surface area contributed by atoms with Crippen molar-refractivity contribution in [1.29, 1.82) is 5.26 Å². The monoisotopic (exact) mass is 197 g/mol. The minimum Gasteiger partial charge on any atom is -0.367 e. The fraction of sp³-hybridized carbons (Fsp3) is 0.778. The van der Waals surface area contributed by atoms with Crippen molar-refractivity contribution in [3.05, 3.63) is 0 Å². The van der Waals surface area contributed by atoms with E-state index >= 15 is 0 Å². The summed E-state index contributed by atoms with van der Waals surface area (Å²) in [5, 5.41) is 14.2. The molecule has 2 N–H and O–H groups in total. The topological polar surface area (TPSA) is 74.2 Å². The molecule has 0 aliphatic carbocycles. The average Bonchev–Trinajstić information content (AvgIpc) is 2.45. The Bertz CT molecular complexity index is 229. The highest BCUT2D eigenvalue weighted by Gasteiger charge is 2.21. The molecule has 1 heterocycles. The molecule has 0 unspecified atom stereocenters. The molecule has 0 aromatic heterocycles. The summed E-state index contributed by atoms with van der Waals surface area (Å²) in [5.74, 6) is -0.214. The number of nitrogens with one attached hydrogen (secondary N) is 2. The molecule has 2 atom stereocenters. The van der Waals surface area contributed by atoms with Crippen LogP contribution in [0.2, 0.25) is 0 Å². The van der Waals surface area contributed by atoms with Crippen molar-refractivity contribution < 1.29 is 9.53 Å². The van der Waals surface area contributed by atoms with Crippen LogP contribution < -0.4 is 10.6 Å². The van der Waals surface area contributed by atoms with Gasteiger partial charge in [0, 0.05) is 13.2 Å². The third kappa shape index (κ3) is 3.32. The normalized spacial score (nSPS) is 24.4. The van der Waals surface area contributed by atoms with Gasteiger partial charge in [-0.25, -0.2) is 0 Å².